The molecule has 0 aliphatic carbocycles. The lowest BCUT2D eigenvalue weighted by molar-refractivity contribution is 0.102. The van der Waals surface area contributed by atoms with Crippen LogP contribution in [0.25, 0.3) is 0 Å². The largest absolute Gasteiger partial charge is 0.320 e. The van der Waals surface area contributed by atoms with Crippen LogP contribution in [0.15, 0.2) is 63.3 Å². The van der Waals surface area contributed by atoms with Crippen molar-refractivity contribution < 1.29 is 13.2 Å². The van der Waals surface area contributed by atoms with Crippen molar-refractivity contribution in [2.24, 2.45) is 0 Å². The van der Waals surface area contributed by atoms with Crippen molar-refractivity contribution in [2.75, 3.05) is 10.0 Å². The number of hydrogen-bond acceptors (Lipinski definition) is 5. The number of thiazole rings is 1. The van der Waals surface area contributed by atoms with E-state index in [0.717, 1.165) is 21.4 Å². The van der Waals surface area contributed by atoms with E-state index in [1.165, 1.54) is 17.5 Å². The zero-order chi connectivity index (χ0) is 18.7. The van der Waals surface area contributed by atoms with Gasteiger partial charge in [0.2, 0.25) is 0 Å². The molecule has 26 heavy (non-hydrogen) atoms. The molecule has 1 amide bonds. The smallest absolute Gasteiger partial charge is 0.275 e. The molecule has 0 fully saturated rings. The van der Waals surface area contributed by atoms with E-state index in [2.05, 4.69) is 31.0 Å². The number of halogens is 1. The van der Waals surface area contributed by atoms with Gasteiger partial charge in [-0.15, -0.1) is 11.3 Å². The molecule has 1 aromatic heterocycles. The fraction of sp³-hybridized carbons (Fsp3) is 0.0588. The number of carbonyl (C=O) groups excluding carboxylic acids is 1. The van der Waals surface area contributed by atoms with Gasteiger partial charge in [-0.3, -0.25) is 9.52 Å². The predicted octanol–water partition coefficient (Wildman–Crippen LogP) is 4.27. The lowest BCUT2D eigenvalue weighted by Gasteiger charge is -2.07. The highest BCUT2D eigenvalue weighted by atomic mass is 79.9. The van der Waals surface area contributed by atoms with Gasteiger partial charge in [0, 0.05) is 15.5 Å². The minimum absolute atomic E-state index is 0.131. The number of rotatable bonds is 5. The van der Waals surface area contributed by atoms with E-state index in [9.17, 15) is 13.2 Å². The molecular formula is C17H14BrN3O3S2. The van der Waals surface area contributed by atoms with Gasteiger partial charge in [0.1, 0.15) is 5.69 Å². The number of aromatic nitrogens is 1. The highest BCUT2D eigenvalue weighted by molar-refractivity contribution is 9.10. The van der Waals surface area contributed by atoms with E-state index in [4.69, 9.17) is 0 Å². The Morgan fingerprint density at radius 1 is 1.15 bits per heavy atom. The monoisotopic (exact) mass is 451 g/mol. The Morgan fingerprint density at radius 2 is 1.88 bits per heavy atom. The fourth-order valence-electron chi connectivity index (χ4n) is 2.15. The van der Waals surface area contributed by atoms with E-state index in [0.29, 0.717) is 5.69 Å². The second-order valence-electron chi connectivity index (χ2n) is 5.37. The van der Waals surface area contributed by atoms with Crippen LogP contribution in [0, 0.1) is 6.92 Å². The van der Waals surface area contributed by atoms with Crippen LogP contribution in [0.1, 0.15) is 16.1 Å². The van der Waals surface area contributed by atoms with Gasteiger partial charge >= 0.3 is 0 Å². The van der Waals surface area contributed by atoms with E-state index in [1.807, 2.05) is 19.1 Å². The maximum Gasteiger partial charge on any atom is 0.275 e. The number of anilines is 2. The molecule has 134 valence electrons. The van der Waals surface area contributed by atoms with Gasteiger partial charge < -0.3 is 5.32 Å². The van der Waals surface area contributed by atoms with E-state index >= 15 is 0 Å². The van der Waals surface area contributed by atoms with Gasteiger partial charge in [0.15, 0.2) is 5.13 Å². The Morgan fingerprint density at radius 3 is 2.58 bits per heavy atom. The van der Waals surface area contributed by atoms with Gasteiger partial charge in [-0.2, -0.15) is 0 Å². The van der Waals surface area contributed by atoms with Gasteiger partial charge in [-0.05, 0) is 42.8 Å². The Bertz CT molecular complexity index is 1050. The number of benzene rings is 2. The average molecular weight is 452 g/mol. The van der Waals surface area contributed by atoms with Crippen molar-refractivity contribution in [1.29, 1.82) is 0 Å². The van der Waals surface area contributed by atoms with Crippen LogP contribution in [-0.2, 0) is 10.0 Å². The van der Waals surface area contributed by atoms with Crippen LogP contribution >= 0.6 is 27.3 Å². The van der Waals surface area contributed by atoms with Crippen molar-refractivity contribution in [2.45, 2.75) is 11.8 Å². The number of carbonyl (C=O) groups is 1. The minimum Gasteiger partial charge on any atom is -0.320 e. The second kappa shape index (κ2) is 7.56. The SMILES string of the molecule is Cc1cc(Br)ccc1NC(=O)c1csc(NS(=O)(=O)c2ccccc2)n1. The third-order valence-electron chi connectivity index (χ3n) is 3.45. The van der Waals surface area contributed by atoms with Gasteiger partial charge in [-0.1, -0.05) is 34.1 Å². The summed E-state index contributed by atoms with van der Waals surface area (Å²) in [6.45, 7) is 1.88. The maximum absolute atomic E-state index is 12.3. The predicted molar refractivity (Wildman–Crippen MR) is 106 cm³/mol. The molecule has 0 atom stereocenters. The average Bonchev–Trinajstić information content (AvgIpc) is 3.06. The highest BCUT2D eigenvalue weighted by Crippen LogP contribution is 2.23. The third kappa shape index (κ3) is 4.29. The number of hydrogen-bond donors (Lipinski definition) is 2. The number of sulfonamides is 1. The van der Waals surface area contributed by atoms with Crippen molar-refractivity contribution >= 4 is 54.0 Å². The van der Waals surface area contributed by atoms with E-state index in [1.54, 1.807) is 24.3 Å². The normalized spacial score (nSPS) is 11.2. The number of aryl methyl sites for hydroxylation is 1. The Labute approximate surface area is 163 Å². The van der Waals surface area contributed by atoms with Crippen LogP contribution in [-0.4, -0.2) is 19.3 Å². The summed E-state index contributed by atoms with van der Waals surface area (Å²) in [5, 5.41) is 4.41. The van der Waals surface area contributed by atoms with Crippen molar-refractivity contribution in [3.63, 3.8) is 0 Å². The van der Waals surface area contributed by atoms with Crippen LogP contribution in [0.2, 0.25) is 0 Å². The molecule has 2 N–H and O–H groups in total. The first-order valence-electron chi connectivity index (χ1n) is 7.46. The lowest BCUT2D eigenvalue weighted by atomic mass is 10.2. The Kier molecular flexibility index (Phi) is 5.40. The van der Waals surface area contributed by atoms with Crippen molar-refractivity contribution in [3.05, 3.63) is 69.6 Å². The third-order valence-corrected chi connectivity index (χ3v) is 6.18. The molecule has 0 bridgehead atoms. The summed E-state index contributed by atoms with van der Waals surface area (Å²) in [7, 11) is -3.74. The van der Waals surface area contributed by atoms with Crippen LogP contribution in [0.5, 0.6) is 0 Å². The van der Waals surface area contributed by atoms with Crippen molar-refractivity contribution in [1.82, 2.24) is 4.98 Å². The Balaban J connectivity index is 1.74. The standard InChI is InChI=1S/C17H14BrN3O3S2/c1-11-9-12(18)7-8-14(11)19-16(22)15-10-25-17(20-15)21-26(23,24)13-5-3-2-4-6-13/h2-10H,1H3,(H,19,22)(H,20,21). The summed E-state index contributed by atoms with van der Waals surface area (Å²) in [4.78, 5) is 16.5. The summed E-state index contributed by atoms with van der Waals surface area (Å²) < 4.78 is 27.9. The minimum atomic E-state index is -3.74. The molecular weight excluding hydrogens is 438 g/mol. The molecule has 9 heteroatoms. The number of nitrogens with zero attached hydrogens (tertiary/aromatic N) is 1. The molecule has 3 aromatic rings. The summed E-state index contributed by atoms with van der Waals surface area (Å²) >= 11 is 4.42. The first kappa shape index (κ1) is 18.6. The summed E-state index contributed by atoms with van der Waals surface area (Å²) in [6, 6.07) is 13.5. The molecule has 0 radical (unpaired) electrons. The van der Waals surface area contributed by atoms with E-state index in [-0.39, 0.29) is 15.7 Å². The van der Waals surface area contributed by atoms with Gasteiger partial charge in [0.25, 0.3) is 15.9 Å². The van der Waals surface area contributed by atoms with Crippen LogP contribution < -0.4 is 10.0 Å². The number of nitrogens with one attached hydrogen (secondary N) is 2. The summed E-state index contributed by atoms with van der Waals surface area (Å²) in [6.07, 6.45) is 0. The Hall–Kier alpha value is -2.23. The summed E-state index contributed by atoms with van der Waals surface area (Å²) in [5.74, 6) is -0.406. The van der Waals surface area contributed by atoms with Crippen LogP contribution in [0.3, 0.4) is 0 Å². The highest BCUT2D eigenvalue weighted by Gasteiger charge is 2.18. The van der Waals surface area contributed by atoms with Crippen LogP contribution in [0.4, 0.5) is 10.8 Å². The molecule has 0 unspecified atom stereocenters. The first-order valence-corrected chi connectivity index (χ1v) is 10.6. The molecule has 0 aliphatic rings. The fourth-order valence-corrected chi connectivity index (χ4v) is 4.59. The summed E-state index contributed by atoms with van der Waals surface area (Å²) in [5.41, 5.74) is 1.70. The molecule has 1 heterocycles. The first-order chi connectivity index (χ1) is 12.3. The molecule has 6 nitrogen and oxygen atoms in total. The van der Waals surface area contributed by atoms with E-state index < -0.39 is 15.9 Å². The molecule has 0 saturated carbocycles. The quantitative estimate of drug-likeness (QED) is 0.606. The van der Waals surface area contributed by atoms with Crippen molar-refractivity contribution in [3.8, 4) is 0 Å². The molecule has 3 rings (SSSR count). The molecule has 2 aromatic carbocycles. The molecule has 0 spiro atoms. The molecule has 0 aliphatic heterocycles. The molecule has 0 saturated heterocycles. The number of amides is 1. The lowest BCUT2D eigenvalue weighted by Crippen LogP contribution is -2.15. The zero-order valence-corrected chi connectivity index (χ0v) is 16.8. The van der Waals surface area contributed by atoms with Gasteiger partial charge in [-0.25, -0.2) is 13.4 Å². The second-order valence-corrected chi connectivity index (χ2v) is 8.83. The maximum atomic E-state index is 12.3. The van der Waals surface area contributed by atoms with Gasteiger partial charge in [0.05, 0.1) is 4.90 Å². The topological polar surface area (TPSA) is 88.2 Å². The zero-order valence-electron chi connectivity index (χ0n) is 13.6.